The zero-order valence-corrected chi connectivity index (χ0v) is 15.7. The van der Waals surface area contributed by atoms with Gasteiger partial charge in [-0.15, -0.1) is 11.3 Å². The van der Waals surface area contributed by atoms with E-state index >= 15 is 0 Å². The molecule has 0 spiro atoms. The number of halogens is 2. The van der Waals surface area contributed by atoms with Crippen molar-refractivity contribution in [3.8, 4) is 0 Å². The van der Waals surface area contributed by atoms with Crippen LogP contribution in [0.5, 0.6) is 0 Å². The van der Waals surface area contributed by atoms with Gasteiger partial charge >= 0.3 is 0 Å². The average molecular weight is 405 g/mol. The number of thiophene rings is 1. The minimum absolute atomic E-state index is 0.262. The van der Waals surface area contributed by atoms with Crippen LogP contribution in [0.2, 0.25) is 10.0 Å². The van der Waals surface area contributed by atoms with Crippen LogP contribution in [0.3, 0.4) is 0 Å². The van der Waals surface area contributed by atoms with E-state index in [2.05, 4.69) is 10.6 Å². The Hall–Kier alpha value is -2.34. The van der Waals surface area contributed by atoms with Crippen LogP contribution in [-0.2, 0) is 0 Å². The standard InChI is InChI=1S/C19H14Cl2N2O2S/c20-14-9-8-13(11-15(14)21)22-18(17(24)12-5-2-1-3-6-12)23-19(25)16-7-4-10-26-16/h1-11,18,22H,(H,23,25). The molecule has 1 aromatic heterocycles. The summed E-state index contributed by atoms with van der Waals surface area (Å²) >= 11 is 13.3. The molecule has 1 unspecified atom stereocenters. The monoisotopic (exact) mass is 404 g/mol. The fourth-order valence-corrected chi connectivity index (χ4v) is 3.22. The van der Waals surface area contributed by atoms with Crippen molar-refractivity contribution in [3.63, 3.8) is 0 Å². The third kappa shape index (κ3) is 4.43. The molecule has 0 saturated carbocycles. The lowest BCUT2D eigenvalue weighted by Crippen LogP contribution is -2.46. The maximum atomic E-state index is 12.9. The highest BCUT2D eigenvalue weighted by Crippen LogP contribution is 2.25. The molecule has 0 saturated heterocycles. The molecular formula is C19H14Cl2N2O2S. The van der Waals surface area contributed by atoms with Gasteiger partial charge < -0.3 is 10.6 Å². The Morgan fingerprint density at radius 1 is 0.923 bits per heavy atom. The van der Waals surface area contributed by atoms with Crippen molar-refractivity contribution < 1.29 is 9.59 Å². The van der Waals surface area contributed by atoms with Gasteiger partial charge in [-0.2, -0.15) is 0 Å². The molecule has 4 nitrogen and oxygen atoms in total. The Morgan fingerprint density at radius 2 is 1.69 bits per heavy atom. The van der Waals surface area contributed by atoms with Gasteiger partial charge in [-0.25, -0.2) is 0 Å². The van der Waals surface area contributed by atoms with E-state index < -0.39 is 6.17 Å². The van der Waals surface area contributed by atoms with Crippen molar-refractivity contribution in [1.82, 2.24) is 5.32 Å². The van der Waals surface area contributed by atoms with Crippen molar-refractivity contribution in [2.24, 2.45) is 0 Å². The van der Waals surface area contributed by atoms with E-state index in [4.69, 9.17) is 23.2 Å². The second-order valence-electron chi connectivity index (χ2n) is 5.39. The molecule has 0 aliphatic carbocycles. The first-order valence-electron chi connectivity index (χ1n) is 7.70. The van der Waals surface area contributed by atoms with Gasteiger partial charge in [0, 0.05) is 11.3 Å². The average Bonchev–Trinajstić information content (AvgIpc) is 3.19. The van der Waals surface area contributed by atoms with Crippen LogP contribution in [-0.4, -0.2) is 17.9 Å². The Kier molecular flexibility index (Phi) is 5.93. The second-order valence-corrected chi connectivity index (χ2v) is 7.15. The fraction of sp³-hybridized carbons (Fsp3) is 0.0526. The number of carbonyl (C=O) groups excluding carboxylic acids is 2. The molecule has 3 aromatic rings. The van der Waals surface area contributed by atoms with Crippen molar-refractivity contribution in [2.75, 3.05) is 5.32 Å². The maximum Gasteiger partial charge on any atom is 0.263 e. The summed E-state index contributed by atoms with van der Waals surface area (Å²) in [6.45, 7) is 0. The Labute approximate surface area is 164 Å². The van der Waals surface area contributed by atoms with E-state index in [9.17, 15) is 9.59 Å². The van der Waals surface area contributed by atoms with Crippen LogP contribution in [0, 0.1) is 0 Å². The summed E-state index contributed by atoms with van der Waals surface area (Å²) in [5, 5.41) is 8.32. The minimum atomic E-state index is -0.954. The summed E-state index contributed by atoms with van der Waals surface area (Å²) < 4.78 is 0. The predicted molar refractivity (Wildman–Crippen MR) is 106 cm³/mol. The van der Waals surface area contributed by atoms with Crippen molar-refractivity contribution in [2.45, 2.75) is 6.17 Å². The van der Waals surface area contributed by atoms with Crippen LogP contribution in [0.4, 0.5) is 5.69 Å². The number of amides is 1. The smallest absolute Gasteiger partial charge is 0.263 e. The van der Waals surface area contributed by atoms with E-state index in [-0.39, 0.29) is 11.7 Å². The quantitative estimate of drug-likeness (QED) is 0.443. The summed E-state index contributed by atoms with van der Waals surface area (Å²) in [4.78, 5) is 25.8. The molecule has 1 heterocycles. The van der Waals surface area contributed by atoms with E-state index in [1.54, 1.807) is 60.0 Å². The first-order chi connectivity index (χ1) is 12.5. The van der Waals surface area contributed by atoms with E-state index in [0.29, 0.717) is 26.2 Å². The van der Waals surface area contributed by atoms with Crippen LogP contribution in [0.1, 0.15) is 20.0 Å². The lowest BCUT2D eigenvalue weighted by molar-refractivity contribution is 0.0872. The van der Waals surface area contributed by atoms with Crippen molar-refractivity contribution >= 4 is 51.9 Å². The van der Waals surface area contributed by atoms with Crippen molar-refractivity contribution in [1.29, 1.82) is 0 Å². The number of hydrogen-bond donors (Lipinski definition) is 2. The summed E-state index contributed by atoms with van der Waals surface area (Å²) in [7, 11) is 0. The van der Waals surface area contributed by atoms with Crippen molar-refractivity contribution in [3.05, 3.63) is 86.5 Å². The van der Waals surface area contributed by atoms with E-state index in [0.717, 1.165) is 0 Å². The van der Waals surface area contributed by atoms with Gasteiger partial charge in [0.15, 0.2) is 6.17 Å². The second kappa shape index (κ2) is 8.36. The highest BCUT2D eigenvalue weighted by Gasteiger charge is 2.23. The molecule has 3 rings (SSSR count). The van der Waals surface area contributed by atoms with Gasteiger partial charge in [0.1, 0.15) is 0 Å². The molecule has 26 heavy (non-hydrogen) atoms. The fourth-order valence-electron chi connectivity index (χ4n) is 2.30. The van der Waals surface area contributed by atoms with Crippen LogP contribution >= 0.6 is 34.5 Å². The van der Waals surface area contributed by atoms with Gasteiger partial charge in [-0.3, -0.25) is 9.59 Å². The minimum Gasteiger partial charge on any atom is -0.359 e. The number of nitrogens with one attached hydrogen (secondary N) is 2. The summed E-state index contributed by atoms with van der Waals surface area (Å²) in [6.07, 6.45) is -0.954. The number of ketones is 1. The normalized spacial score (nSPS) is 11.6. The molecule has 2 N–H and O–H groups in total. The van der Waals surface area contributed by atoms with Gasteiger partial charge in [-0.05, 0) is 29.6 Å². The molecule has 0 fully saturated rings. The number of Topliss-reactive ketones (excluding diaryl/α,β-unsaturated/α-hetero) is 1. The molecule has 0 aliphatic heterocycles. The first kappa shape index (κ1) is 18.5. The molecule has 0 bridgehead atoms. The third-order valence-electron chi connectivity index (χ3n) is 3.57. The highest BCUT2D eigenvalue weighted by molar-refractivity contribution is 7.12. The number of hydrogen-bond acceptors (Lipinski definition) is 4. The zero-order valence-electron chi connectivity index (χ0n) is 13.4. The molecule has 7 heteroatoms. The van der Waals surface area contributed by atoms with Crippen LogP contribution in [0.25, 0.3) is 0 Å². The van der Waals surface area contributed by atoms with Crippen LogP contribution in [0.15, 0.2) is 66.0 Å². The lowest BCUT2D eigenvalue weighted by Gasteiger charge is -2.20. The SMILES string of the molecule is O=C(NC(Nc1ccc(Cl)c(Cl)c1)C(=O)c1ccccc1)c1cccs1. The third-order valence-corrected chi connectivity index (χ3v) is 5.18. The van der Waals surface area contributed by atoms with Gasteiger partial charge in [0.25, 0.3) is 5.91 Å². The number of anilines is 1. The molecular weight excluding hydrogens is 391 g/mol. The summed E-state index contributed by atoms with van der Waals surface area (Å²) in [6, 6.07) is 17.1. The molecule has 1 amide bonds. The highest BCUT2D eigenvalue weighted by atomic mass is 35.5. The first-order valence-corrected chi connectivity index (χ1v) is 9.33. The number of rotatable bonds is 6. The maximum absolute atomic E-state index is 12.9. The summed E-state index contributed by atoms with van der Waals surface area (Å²) in [5.41, 5.74) is 1.05. The largest absolute Gasteiger partial charge is 0.359 e. The van der Waals surface area contributed by atoms with Crippen LogP contribution < -0.4 is 10.6 Å². The molecule has 0 radical (unpaired) electrons. The summed E-state index contributed by atoms with van der Waals surface area (Å²) in [5.74, 6) is -0.594. The van der Waals surface area contributed by atoms with Gasteiger partial charge in [0.2, 0.25) is 5.78 Å². The Bertz CT molecular complexity index is 915. The topological polar surface area (TPSA) is 58.2 Å². The van der Waals surface area contributed by atoms with Gasteiger partial charge in [0.05, 0.1) is 14.9 Å². The van der Waals surface area contributed by atoms with Gasteiger partial charge in [-0.1, -0.05) is 59.6 Å². The molecule has 132 valence electrons. The number of benzene rings is 2. The molecule has 1 atom stereocenters. The predicted octanol–water partition coefficient (Wildman–Crippen LogP) is 5.11. The Morgan fingerprint density at radius 3 is 2.35 bits per heavy atom. The van der Waals surface area contributed by atoms with E-state index in [1.165, 1.54) is 11.3 Å². The number of carbonyl (C=O) groups is 2. The lowest BCUT2D eigenvalue weighted by atomic mass is 10.1. The Balaban J connectivity index is 1.86. The van der Waals surface area contributed by atoms with E-state index in [1.807, 2.05) is 6.07 Å². The zero-order chi connectivity index (χ0) is 18.5. The molecule has 2 aromatic carbocycles. The molecule has 0 aliphatic rings.